The molecular weight excluding hydrogens is 207 g/mol. The van der Waals surface area contributed by atoms with Gasteiger partial charge < -0.3 is 10.1 Å². The zero-order valence-electron chi connectivity index (χ0n) is 9.09. The fourth-order valence-corrected chi connectivity index (χ4v) is 1.63. The molecule has 0 radical (unpaired) electrons. The number of nitrogens with zero attached hydrogens (tertiary/aromatic N) is 1. The first-order valence-corrected chi connectivity index (χ1v) is 5.16. The minimum atomic E-state index is -0.394. The molecule has 1 fully saturated rings. The van der Waals surface area contributed by atoms with E-state index in [0.717, 1.165) is 13.1 Å². The molecule has 0 atom stereocenters. The summed E-state index contributed by atoms with van der Waals surface area (Å²) in [4.78, 5) is 0. The SMILES string of the molecule is CC1(OCc2cc(F)cc(C#N)c2)CNC1. The van der Waals surface area contributed by atoms with Crippen LogP contribution in [0.2, 0.25) is 0 Å². The Kier molecular flexibility index (Phi) is 2.90. The third kappa shape index (κ3) is 2.38. The maximum Gasteiger partial charge on any atom is 0.124 e. The van der Waals surface area contributed by atoms with Gasteiger partial charge in [0.05, 0.1) is 23.8 Å². The van der Waals surface area contributed by atoms with Gasteiger partial charge >= 0.3 is 0 Å². The van der Waals surface area contributed by atoms with Crippen molar-refractivity contribution in [1.82, 2.24) is 5.32 Å². The fourth-order valence-electron chi connectivity index (χ4n) is 1.63. The van der Waals surface area contributed by atoms with Gasteiger partial charge in [0.1, 0.15) is 5.82 Å². The fraction of sp³-hybridized carbons (Fsp3) is 0.417. The molecule has 1 aliphatic heterocycles. The second-order valence-corrected chi connectivity index (χ2v) is 4.30. The van der Waals surface area contributed by atoms with Crippen LogP contribution in [0.3, 0.4) is 0 Å². The summed E-state index contributed by atoms with van der Waals surface area (Å²) in [5.74, 6) is -0.394. The number of nitriles is 1. The number of rotatable bonds is 3. The van der Waals surface area contributed by atoms with Gasteiger partial charge in [0.2, 0.25) is 0 Å². The number of benzene rings is 1. The van der Waals surface area contributed by atoms with Crippen molar-refractivity contribution in [2.24, 2.45) is 0 Å². The van der Waals surface area contributed by atoms with Gasteiger partial charge in [0.25, 0.3) is 0 Å². The lowest BCUT2D eigenvalue weighted by atomic mass is 10.00. The first-order chi connectivity index (χ1) is 7.61. The first kappa shape index (κ1) is 11.1. The molecule has 0 amide bonds. The van der Waals surface area contributed by atoms with Crippen molar-refractivity contribution in [1.29, 1.82) is 5.26 Å². The van der Waals surface area contributed by atoms with E-state index in [1.807, 2.05) is 13.0 Å². The third-order valence-corrected chi connectivity index (χ3v) is 2.67. The van der Waals surface area contributed by atoms with Crippen molar-refractivity contribution < 1.29 is 9.13 Å². The van der Waals surface area contributed by atoms with Crippen LogP contribution >= 0.6 is 0 Å². The van der Waals surface area contributed by atoms with Crippen LogP contribution < -0.4 is 5.32 Å². The van der Waals surface area contributed by atoms with E-state index >= 15 is 0 Å². The van der Waals surface area contributed by atoms with Gasteiger partial charge in [-0.25, -0.2) is 4.39 Å². The van der Waals surface area contributed by atoms with Crippen LogP contribution in [0.25, 0.3) is 0 Å². The molecule has 1 saturated heterocycles. The van der Waals surface area contributed by atoms with E-state index in [1.54, 1.807) is 6.07 Å². The summed E-state index contributed by atoms with van der Waals surface area (Å²) < 4.78 is 18.8. The predicted octanol–water partition coefficient (Wildman–Crippen LogP) is 1.58. The maximum absolute atomic E-state index is 13.1. The van der Waals surface area contributed by atoms with E-state index in [0.29, 0.717) is 17.7 Å². The highest BCUT2D eigenvalue weighted by Gasteiger charge is 2.32. The molecule has 0 aromatic heterocycles. The topological polar surface area (TPSA) is 45.0 Å². The monoisotopic (exact) mass is 220 g/mol. The Morgan fingerprint density at radius 2 is 2.25 bits per heavy atom. The highest BCUT2D eigenvalue weighted by atomic mass is 19.1. The lowest BCUT2D eigenvalue weighted by Crippen LogP contribution is -2.58. The molecule has 0 unspecified atom stereocenters. The Hall–Kier alpha value is -1.44. The number of halogens is 1. The highest BCUT2D eigenvalue weighted by molar-refractivity contribution is 5.33. The molecular formula is C12H13FN2O. The molecule has 4 heteroatoms. The van der Waals surface area contributed by atoms with E-state index in [1.165, 1.54) is 12.1 Å². The summed E-state index contributed by atoms with van der Waals surface area (Å²) >= 11 is 0. The van der Waals surface area contributed by atoms with Crippen LogP contribution in [-0.4, -0.2) is 18.7 Å². The zero-order chi connectivity index (χ0) is 11.6. The number of hydrogen-bond donors (Lipinski definition) is 1. The lowest BCUT2D eigenvalue weighted by Gasteiger charge is -2.39. The van der Waals surface area contributed by atoms with Gasteiger partial charge in [0.15, 0.2) is 0 Å². The van der Waals surface area contributed by atoms with Gasteiger partial charge in [-0.15, -0.1) is 0 Å². The van der Waals surface area contributed by atoms with Gasteiger partial charge in [-0.3, -0.25) is 0 Å². The van der Waals surface area contributed by atoms with Crippen molar-refractivity contribution >= 4 is 0 Å². The number of ether oxygens (including phenoxy) is 1. The summed E-state index contributed by atoms with van der Waals surface area (Å²) in [5.41, 5.74) is 0.874. The summed E-state index contributed by atoms with van der Waals surface area (Å²) in [5, 5.41) is 11.8. The van der Waals surface area contributed by atoms with Crippen LogP contribution in [-0.2, 0) is 11.3 Å². The van der Waals surface area contributed by atoms with Crippen molar-refractivity contribution in [2.75, 3.05) is 13.1 Å². The molecule has 1 aromatic carbocycles. The van der Waals surface area contributed by atoms with Gasteiger partial charge in [-0.05, 0) is 30.7 Å². The smallest absolute Gasteiger partial charge is 0.124 e. The van der Waals surface area contributed by atoms with Crippen LogP contribution in [0.5, 0.6) is 0 Å². The quantitative estimate of drug-likeness (QED) is 0.841. The maximum atomic E-state index is 13.1. The van der Waals surface area contributed by atoms with Gasteiger partial charge in [-0.1, -0.05) is 0 Å². The Morgan fingerprint density at radius 1 is 1.50 bits per heavy atom. The van der Waals surface area contributed by atoms with E-state index in [4.69, 9.17) is 10.00 Å². The number of nitrogens with one attached hydrogen (secondary N) is 1. The molecule has 2 rings (SSSR count). The Bertz CT molecular complexity index is 435. The molecule has 1 aliphatic rings. The van der Waals surface area contributed by atoms with E-state index < -0.39 is 5.82 Å². The summed E-state index contributed by atoms with van der Waals surface area (Å²) in [6.07, 6.45) is 0. The normalized spacial score (nSPS) is 17.6. The third-order valence-electron chi connectivity index (χ3n) is 2.67. The van der Waals surface area contributed by atoms with E-state index in [2.05, 4.69) is 5.32 Å². The Labute approximate surface area is 93.8 Å². The van der Waals surface area contributed by atoms with Crippen LogP contribution in [0.1, 0.15) is 18.1 Å². The van der Waals surface area contributed by atoms with E-state index in [9.17, 15) is 4.39 Å². The summed E-state index contributed by atoms with van der Waals surface area (Å²) in [6.45, 7) is 3.97. The average molecular weight is 220 g/mol. The molecule has 16 heavy (non-hydrogen) atoms. The average Bonchev–Trinajstić information content (AvgIpc) is 2.23. The second-order valence-electron chi connectivity index (χ2n) is 4.30. The minimum Gasteiger partial charge on any atom is -0.368 e. The van der Waals surface area contributed by atoms with Crippen molar-refractivity contribution in [3.05, 3.63) is 35.1 Å². The van der Waals surface area contributed by atoms with Crippen LogP contribution in [0.15, 0.2) is 18.2 Å². The molecule has 0 saturated carbocycles. The molecule has 1 heterocycles. The highest BCUT2D eigenvalue weighted by Crippen LogP contribution is 2.18. The standard InChI is InChI=1S/C12H13FN2O/c1-12(7-15-8-12)16-6-10-2-9(5-14)3-11(13)4-10/h2-4,15H,6-8H2,1H3. The van der Waals surface area contributed by atoms with Crippen molar-refractivity contribution in [2.45, 2.75) is 19.1 Å². The van der Waals surface area contributed by atoms with Crippen molar-refractivity contribution in [3.8, 4) is 6.07 Å². The van der Waals surface area contributed by atoms with Gasteiger partial charge in [0, 0.05) is 13.1 Å². The molecule has 3 nitrogen and oxygen atoms in total. The predicted molar refractivity (Wildman–Crippen MR) is 57.2 cm³/mol. The Balaban J connectivity index is 2.04. The minimum absolute atomic E-state index is 0.154. The van der Waals surface area contributed by atoms with Gasteiger partial charge in [-0.2, -0.15) is 5.26 Å². The molecule has 1 aromatic rings. The number of hydrogen-bond acceptors (Lipinski definition) is 3. The zero-order valence-corrected chi connectivity index (χ0v) is 9.09. The summed E-state index contributed by atoms with van der Waals surface area (Å²) in [6, 6.07) is 6.19. The molecule has 0 bridgehead atoms. The molecule has 0 spiro atoms. The van der Waals surface area contributed by atoms with Crippen LogP contribution in [0, 0.1) is 17.1 Å². The first-order valence-electron chi connectivity index (χ1n) is 5.16. The lowest BCUT2D eigenvalue weighted by molar-refractivity contribution is -0.0768. The largest absolute Gasteiger partial charge is 0.368 e. The van der Waals surface area contributed by atoms with Crippen molar-refractivity contribution in [3.63, 3.8) is 0 Å². The molecule has 0 aliphatic carbocycles. The molecule has 1 N–H and O–H groups in total. The summed E-state index contributed by atoms with van der Waals surface area (Å²) in [7, 11) is 0. The van der Waals surface area contributed by atoms with E-state index in [-0.39, 0.29) is 5.60 Å². The van der Waals surface area contributed by atoms with Crippen LogP contribution in [0.4, 0.5) is 4.39 Å². The molecule has 84 valence electrons. The Morgan fingerprint density at radius 3 is 2.81 bits per heavy atom. The second kappa shape index (κ2) is 4.20.